The van der Waals surface area contributed by atoms with Gasteiger partial charge in [-0.15, -0.1) is 5.10 Å². The van der Waals surface area contributed by atoms with Gasteiger partial charge in [0.15, 0.2) is 0 Å². The zero-order valence-corrected chi connectivity index (χ0v) is 13.1. The predicted molar refractivity (Wildman–Crippen MR) is 80.7 cm³/mol. The zero-order chi connectivity index (χ0) is 15.7. The molecule has 114 valence electrons. The van der Waals surface area contributed by atoms with Crippen molar-refractivity contribution in [3.8, 4) is 0 Å². The lowest BCUT2D eigenvalue weighted by atomic mass is 10.1. The average Bonchev–Trinajstić information content (AvgIpc) is 3.07. The minimum Gasteiger partial charge on any atom is -0.273 e. The summed E-state index contributed by atoms with van der Waals surface area (Å²) in [5.41, 5.74) is 0.953. The number of fused-ring (bicyclic) bond motifs is 1. The summed E-state index contributed by atoms with van der Waals surface area (Å²) in [6.07, 6.45) is 0. The van der Waals surface area contributed by atoms with E-state index in [0.29, 0.717) is 28.6 Å². The van der Waals surface area contributed by atoms with Gasteiger partial charge in [-0.25, -0.2) is 4.68 Å². The third-order valence-electron chi connectivity index (χ3n) is 3.38. The molecule has 2 aromatic rings. The molecule has 0 unspecified atom stereocenters. The molecule has 0 saturated carbocycles. The lowest BCUT2D eigenvalue weighted by Gasteiger charge is -2.13. The summed E-state index contributed by atoms with van der Waals surface area (Å²) in [5.74, 6) is 0.0905. The van der Waals surface area contributed by atoms with E-state index >= 15 is 0 Å². The molecule has 0 radical (unpaired) electrons. The van der Waals surface area contributed by atoms with Crippen molar-refractivity contribution in [3.63, 3.8) is 0 Å². The fourth-order valence-corrected chi connectivity index (χ4v) is 3.21. The number of hydrogen-bond acceptors (Lipinski definition) is 6. The number of rotatable bonds is 5. The Morgan fingerprint density at radius 3 is 2.36 bits per heavy atom. The van der Waals surface area contributed by atoms with Crippen molar-refractivity contribution < 1.29 is 9.59 Å². The van der Waals surface area contributed by atoms with E-state index in [2.05, 4.69) is 15.5 Å². The molecule has 0 atom stereocenters. The Balaban J connectivity index is 1.65. The maximum Gasteiger partial charge on any atom is 0.261 e. The first kappa shape index (κ1) is 14.7. The van der Waals surface area contributed by atoms with Gasteiger partial charge in [-0.1, -0.05) is 23.9 Å². The number of carbonyl (C=O) groups is 2. The van der Waals surface area contributed by atoms with E-state index in [-0.39, 0.29) is 17.9 Å². The summed E-state index contributed by atoms with van der Waals surface area (Å²) >= 11 is 1.43. The summed E-state index contributed by atoms with van der Waals surface area (Å²) in [4.78, 5) is 25.7. The predicted octanol–water partition coefficient (Wildman–Crippen LogP) is 1.64. The van der Waals surface area contributed by atoms with E-state index in [0.717, 1.165) is 0 Å². The smallest absolute Gasteiger partial charge is 0.261 e. The number of aromatic nitrogens is 4. The zero-order valence-electron chi connectivity index (χ0n) is 12.3. The van der Waals surface area contributed by atoms with Gasteiger partial charge in [0.1, 0.15) is 0 Å². The van der Waals surface area contributed by atoms with Crippen LogP contribution in [0.3, 0.4) is 0 Å². The normalized spacial score (nSPS) is 14.0. The van der Waals surface area contributed by atoms with Crippen LogP contribution in [0.4, 0.5) is 0 Å². The molecule has 2 heterocycles. The molecule has 0 aliphatic carbocycles. The van der Waals surface area contributed by atoms with Crippen molar-refractivity contribution >= 4 is 23.6 Å². The minimum absolute atomic E-state index is 0.164. The standard InChI is InChI=1S/C14H15N5O2S/c1-9(2)19-14(15-16-17-19)22-8-7-18-12(20)10-5-3-4-6-11(10)13(18)21/h3-6,9H,7-8H2,1-2H3. The van der Waals surface area contributed by atoms with Gasteiger partial charge in [-0.05, 0) is 36.4 Å². The van der Waals surface area contributed by atoms with Gasteiger partial charge in [-0.2, -0.15) is 0 Å². The summed E-state index contributed by atoms with van der Waals surface area (Å²) in [7, 11) is 0. The van der Waals surface area contributed by atoms with Crippen LogP contribution in [-0.2, 0) is 0 Å². The van der Waals surface area contributed by atoms with Gasteiger partial charge in [0.2, 0.25) is 5.16 Å². The van der Waals surface area contributed by atoms with Crippen molar-refractivity contribution in [2.24, 2.45) is 0 Å². The van der Waals surface area contributed by atoms with Crippen LogP contribution in [0, 0.1) is 0 Å². The number of amides is 2. The number of hydrogen-bond donors (Lipinski definition) is 0. The van der Waals surface area contributed by atoms with Crippen LogP contribution < -0.4 is 0 Å². The molecule has 1 aliphatic rings. The van der Waals surface area contributed by atoms with Gasteiger partial charge < -0.3 is 0 Å². The van der Waals surface area contributed by atoms with Gasteiger partial charge in [0, 0.05) is 12.3 Å². The lowest BCUT2D eigenvalue weighted by Crippen LogP contribution is -2.31. The molecule has 0 spiro atoms. The molecule has 3 rings (SSSR count). The third-order valence-corrected chi connectivity index (χ3v) is 4.29. The van der Waals surface area contributed by atoms with Gasteiger partial charge >= 0.3 is 0 Å². The highest BCUT2D eigenvalue weighted by Crippen LogP contribution is 2.24. The van der Waals surface area contributed by atoms with Crippen LogP contribution in [0.5, 0.6) is 0 Å². The van der Waals surface area contributed by atoms with E-state index in [1.807, 2.05) is 13.8 Å². The third kappa shape index (κ3) is 2.50. The molecule has 0 N–H and O–H groups in total. The molecule has 7 nitrogen and oxygen atoms in total. The molecule has 2 amide bonds. The van der Waals surface area contributed by atoms with Crippen LogP contribution in [-0.4, -0.2) is 49.2 Å². The quantitative estimate of drug-likeness (QED) is 0.616. The topological polar surface area (TPSA) is 81.0 Å². The lowest BCUT2D eigenvalue weighted by molar-refractivity contribution is 0.0664. The van der Waals surface area contributed by atoms with Crippen molar-refractivity contribution in [3.05, 3.63) is 35.4 Å². The first-order valence-corrected chi connectivity index (χ1v) is 7.94. The van der Waals surface area contributed by atoms with Crippen molar-refractivity contribution in [1.29, 1.82) is 0 Å². The molecule has 0 saturated heterocycles. The Bertz CT molecular complexity index is 693. The Morgan fingerprint density at radius 1 is 1.14 bits per heavy atom. The highest BCUT2D eigenvalue weighted by molar-refractivity contribution is 7.99. The second kappa shape index (κ2) is 5.88. The Hall–Kier alpha value is -2.22. The number of carbonyl (C=O) groups excluding carboxylic acids is 2. The highest BCUT2D eigenvalue weighted by Gasteiger charge is 2.34. The summed E-state index contributed by atoms with van der Waals surface area (Å²) < 4.78 is 1.72. The average molecular weight is 317 g/mol. The van der Waals surface area contributed by atoms with Gasteiger partial charge in [0.25, 0.3) is 11.8 Å². The Morgan fingerprint density at radius 2 is 1.77 bits per heavy atom. The monoisotopic (exact) mass is 317 g/mol. The van der Waals surface area contributed by atoms with Crippen LogP contribution in [0.15, 0.2) is 29.4 Å². The van der Waals surface area contributed by atoms with Crippen LogP contribution in [0.2, 0.25) is 0 Å². The molecular formula is C14H15N5O2S. The first-order chi connectivity index (χ1) is 10.6. The van der Waals surface area contributed by atoms with E-state index in [1.54, 1.807) is 28.9 Å². The number of tetrazole rings is 1. The Labute approximate surface area is 131 Å². The van der Waals surface area contributed by atoms with E-state index in [1.165, 1.54) is 16.7 Å². The van der Waals surface area contributed by atoms with Crippen molar-refractivity contribution in [2.75, 3.05) is 12.3 Å². The summed E-state index contributed by atoms with van der Waals surface area (Å²) in [5, 5.41) is 12.2. The number of benzene rings is 1. The molecule has 22 heavy (non-hydrogen) atoms. The maximum absolute atomic E-state index is 12.2. The molecule has 1 aliphatic heterocycles. The van der Waals surface area contributed by atoms with Crippen LogP contribution in [0.25, 0.3) is 0 Å². The number of nitrogens with zero attached hydrogens (tertiary/aromatic N) is 5. The fraction of sp³-hybridized carbons (Fsp3) is 0.357. The van der Waals surface area contributed by atoms with Crippen LogP contribution >= 0.6 is 11.8 Å². The van der Waals surface area contributed by atoms with Crippen LogP contribution in [0.1, 0.15) is 40.6 Å². The van der Waals surface area contributed by atoms with Crippen molar-refractivity contribution in [1.82, 2.24) is 25.1 Å². The van der Waals surface area contributed by atoms with Gasteiger partial charge in [0.05, 0.1) is 17.2 Å². The van der Waals surface area contributed by atoms with E-state index in [4.69, 9.17) is 0 Å². The molecular weight excluding hydrogens is 302 g/mol. The molecule has 1 aromatic carbocycles. The number of thioether (sulfide) groups is 1. The van der Waals surface area contributed by atoms with E-state index in [9.17, 15) is 9.59 Å². The largest absolute Gasteiger partial charge is 0.273 e. The second-order valence-electron chi connectivity index (χ2n) is 5.16. The molecule has 1 aromatic heterocycles. The summed E-state index contributed by atoms with van der Waals surface area (Å²) in [6, 6.07) is 7.05. The van der Waals surface area contributed by atoms with Crippen molar-refractivity contribution in [2.45, 2.75) is 25.0 Å². The summed E-state index contributed by atoms with van der Waals surface area (Å²) in [6.45, 7) is 4.32. The fourth-order valence-electron chi connectivity index (χ4n) is 2.28. The first-order valence-electron chi connectivity index (χ1n) is 6.95. The SMILES string of the molecule is CC(C)n1nnnc1SCCN1C(=O)c2ccccc2C1=O. The highest BCUT2D eigenvalue weighted by atomic mass is 32.2. The maximum atomic E-state index is 12.2. The second-order valence-corrected chi connectivity index (χ2v) is 6.22. The molecule has 0 fully saturated rings. The Kier molecular flexibility index (Phi) is 3.93. The number of imide groups is 1. The molecule has 8 heteroatoms. The van der Waals surface area contributed by atoms with Gasteiger partial charge in [-0.3, -0.25) is 14.5 Å². The minimum atomic E-state index is -0.232. The van der Waals surface area contributed by atoms with E-state index < -0.39 is 0 Å². The molecule has 0 bridgehead atoms.